The number of amides is 1. The molecule has 0 aliphatic heterocycles. The van der Waals surface area contributed by atoms with Crippen molar-refractivity contribution in [3.8, 4) is 0 Å². The van der Waals surface area contributed by atoms with Gasteiger partial charge < -0.3 is 10.6 Å². The highest BCUT2D eigenvalue weighted by atomic mass is 16.1. The fraction of sp³-hybridized carbons (Fsp3) is 0.545. The van der Waals surface area contributed by atoms with Crippen LogP contribution in [-0.4, -0.2) is 29.7 Å². The molecule has 5 nitrogen and oxygen atoms in total. The average molecular weight is 222 g/mol. The van der Waals surface area contributed by atoms with Crippen LogP contribution in [-0.2, 0) is 0 Å². The number of anilines is 1. The van der Waals surface area contributed by atoms with E-state index in [1.807, 2.05) is 0 Å². The maximum Gasteiger partial charge on any atom is 0.271 e. The van der Waals surface area contributed by atoms with E-state index in [-0.39, 0.29) is 11.3 Å². The van der Waals surface area contributed by atoms with Crippen molar-refractivity contribution in [2.45, 2.75) is 20.8 Å². The minimum atomic E-state index is -0.190. The molecule has 16 heavy (non-hydrogen) atoms. The molecule has 0 atom stereocenters. The van der Waals surface area contributed by atoms with E-state index in [4.69, 9.17) is 0 Å². The lowest BCUT2D eigenvalue weighted by atomic mass is 9.97. The molecule has 2 N–H and O–H groups in total. The number of nitrogens with one attached hydrogen (secondary N) is 2. The van der Waals surface area contributed by atoms with Crippen molar-refractivity contribution in [3.05, 3.63) is 17.8 Å². The average Bonchev–Trinajstić information content (AvgIpc) is 2.25. The molecule has 1 aromatic heterocycles. The van der Waals surface area contributed by atoms with Gasteiger partial charge in [-0.3, -0.25) is 4.79 Å². The molecular weight excluding hydrogens is 204 g/mol. The Morgan fingerprint density at radius 3 is 2.44 bits per heavy atom. The van der Waals surface area contributed by atoms with Gasteiger partial charge >= 0.3 is 0 Å². The van der Waals surface area contributed by atoms with Gasteiger partial charge in [0.1, 0.15) is 5.82 Å². The number of aromatic nitrogens is 2. The molecule has 0 saturated heterocycles. The first-order valence-corrected chi connectivity index (χ1v) is 5.22. The van der Waals surface area contributed by atoms with Crippen molar-refractivity contribution >= 4 is 11.7 Å². The minimum Gasteiger partial charge on any atom is -0.372 e. The van der Waals surface area contributed by atoms with Gasteiger partial charge in [0.05, 0.1) is 0 Å². The molecule has 1 aromatic rings. The zero-order valence-corrected chi connectivity index (χ0v) is 10.2. The summed E-state index contributed by atoms with van der Waals surface area (Å²) in [6, 6.07) is 3.37. The zero-order valence-electron chi connectivity index (χ0n) is 10.2. The summed E-state index contributed by atoms with van der Waals surface area (Å²) in [5, 5.41) is 13.3. The summed E-state index contributed by atoms with van der Waals surface area (Å²) in [5.41, 5.74) is 0.400. The summed E-state index contributed by atoms with van der Waals surface area (Å²) in [5.74, 6) is 0.456. The van der Waals surface area contributed by atoms with Gasteiger partial charge in [0, 0.05) is 13.6 Å². The van der Waals surface area contributed by atoms with E-state index in [1.165, 1.54) is 0 Å². The number of carbonyl (C=O) groups is 1. The quantitative estimate of drug-likeness (QED) is 0.808. The van der Waals surface area contributed by atoms with Crippen LogP contribution in [0.1, 0.15) is 31.3 Å². The van der Waals surface area contributed by atoms with E-state index < -0.39 is 0 Å². The van der Waals surface area contributed by atoms with Crippen molar-refractivity contribution in [1.29, 1.82) is 0 Å². The Morgan fingerprint density at radius 2 is 2.00 bits per heavy atom. The number of hydrogen-bond donors (Lipinski definition) is 2. The molecule has 0 aliphatic rings. The Labute approximate surface area is 95.7 Å². The third kappa shape index (κ3) is 3.84. The fourth-order valence-corrected chi connectivity index (χ4v) is 1.02. The third-order valence-electron chi connectivity index (χ3n) is 1.93. The Balaban J connectivity index is 2.59. The van der Waals surface area contributed by atoms with Gasteiger partial charge in [-0.2, -0.15) is 0 Å². The standard InChI is InChI=1S/C11H18N4O/c1-11(2,3)7-13-10(16)8-5-6-9(12-4)15-14-8/h5-6H,7H2,1-4H3,(H,12,15)(H,13,16). The normalized spacial score (nSPS) is 11.0. The minimum absolute atomic E-state index is 0.0635. The molecule has 5 heteroatoms. The molecule has 0 unspecified atom stereocenters. The Bertz CT molecular complexity index is 353. The number of carbonyl (C=O) groups excluding carboxylic acids is 1. The van der Waals surface area contributed by atoms with Crippen molar-refractivity contribution < 1.29 is 4.79 Å². The maximum atomic E-state index is 11.7. The molecule has 88 valence electrons. The molecule has 0 bridgehead atoms. The topological polar surface area (TPSA) is 66.9 Å². The Kier molecular flexibility index (Phi) is 3.82. The Hall–Kier alpha value is -1.65. The fourth-order valence-electron chi connectivity index (χ4n) is 1.02. The van der Waals surface area contributed by atoms with Crippen molar-refractivity contribution in [2.24, 2.45) is 5.41 Å². The van der Waals surface area contributed by atoms with E-state index in [2.05, 4.69) is 41.6 Å². The van der Waals surface area contributed by atoms with Crippen molar-refractivity contribution in [1.82, 2.24) is 15.5 Å². The number of nitrogens with zero attached hydrogens (tertiary/aromatic N) is 2. The van der Waals surface area contributed by atoms with Gasteiger partial charge in [0.2, 0.25) is 0 Å². The second kappa shape index (κ2) is 4.92. The highest BCUT2D eigenvalue weighted by Gasteiger charge is 2.13. The second-order valence-corrected chi connectivity index (χ2v) is 4.80. The van der Waals surface area contributed by atoms with Crippen LogP contribution in [0.15, 0.2) is 12.1 Å². The monoisotopic (exact) mass is 222 g/mol. The highest BCUT2D eigenvalue weighted by molar-refractivity contribution is 5.92. The van der Waals surface area contributed by atoms with Gasteiger partial charge in [-0.1, -0.05) is 20.8 Å². The molecule has 0 aliphatic carbocycles. The van der Waals surface area contributed by atoms with E-state index >= 15 is 0 Å². The van der Waals surface area contributed by atoms with Crippen molar-refractivity contribution in [2.75, 3.05) is 18.9 Å². The van der Waals surface area contributed by atoms with Gasteiger partial charge in [0.15, 0.2) is 5.69 Å². The lowest BCUT2D eigenvalue weighted by Gasteiger charge is -2.18. The third-order valence-corrected chi connectivity index (χ3v) is 1.93. The first-order valence-electron chi connectivity index (χ1n) is 5.22. The molecule has 0 saturated carbocycles. The summed E-state index contributed by atoms with van der Waals surface area (Å²) >= 11 is 0. The first-order chi connectivity index (χ1) is 7.42. The lowest BCUT2D eigenvalue weighted by molar-refractivity contribution is 0.0933. The summed E-state index contributed by atoms with van der Waals surface area (Å²) in [6.07, 6.45) is 0. The second-order valence-electron chi connectivity index (χ2n) is 4.80. The van der Waals surface area contributed by atoms with E-state index in [1.54, 1.807) is 19.2 Å². The molecule has 1 amide bonds. The first kappa shape index (κ1) is 12.4. The predicted octanol–water partition coefficient (Wildman–Crippen LogP) is 1.29. The molecular formula is C11H18N4O. The molecule has 0 radical (unpaired) electrons. The van der Waals surface area contributed by atoms with Crippen LogP contribution in [0.5, 0.6) is 0 Å². The van der Waals surface area contributed by atoms with Crippen LogP contribution in [0.25, 0.3) is 0 Å². The molecule has 0 fully saturated rings. The number of hydrogen-bond acceptors (Lipinski definition) is 4. The van der Waals surface area contributed by atoms with Gasteiger partial charge in [0.25, 0.3) is 5.91 Å². The smallest absolute Gasteiger partial charge is 0.271 e. The lowest BCUT2D eigenvalue weighted by Crippen LogP contribution is -2.32. The van der Waals surface area contributed by atoms with E-state index in [0.29, 0.717) is 18.1 Å². The zero-order chi connectivity index (χ0) is 12.2. The van der Waals surface area contributed by atoms with Gasteiger partial charge in [-0.25, -0.2) is 0 Å². The van der Waals surface area contributed by atoms with E-state index in [9.17, 15) is 4.79 Å². The largest absolute Gasteiger partial charge is 0.372 e. The van der Waals surface area contributed by atoms with Crippen LogP contribution in [0.3, 0.4) is 0 Å². The Morgan fingerprint density at radius 1 is 1.31 bits per heavy atom. The maximum absolute atomic E-state index is 11.7. The van der Waals surface area contributed by atoms with Crippen LogP contribution < -0.4 is 10.6 Å². The molecule has 0 spiro atoms. The van der Waals surface area contributed by atoms with E-state index in [0.717, 1.165) is 0 Å². The van der Waals surface area contributed by atoms with Gasteiger partial charge in [-0.05, 0) is 17.5 Å². The van der Waals surface area contributed by atoms with Crippen LogP contribution >= 0.6 is 0 Å². The van der Waals surface area contributed by atoms with Crippen LogP contribution in [0.4, 0.5) is 5.82 Å². The molecule has 1 rings (SSSR count). The van der Waals surface area contributed by atoms with Crippen LogP contribution in [0, 0.1) is 5.41 Å². The molecule has 1 heterocycles. The molecule has 0 aromatic carbocycles. The summed E-state index contributed by atoms with van der Waals surface area (Å²) < 4.78 is 0. The summed E-state index contributed by atoms with van der Waals surface area (Å²) in [6.45, 7) is 6.79. The summed E-state index contributed by atoms with van der Waals surface area (Å²) in [4.78, 5) is 11.7. The summed E-state index contributed by atoms with van der Waals surface area (Å²) in [7, 11) is 1.75. The predicted molar refractivity (Wildman–Crippen MR) is 63.4 cm³/mol. The van der Waals surface area contributed by atoms with Crippen molar-refractivity contribution in [3.63, 3.8) is 0 Å². The highest BCUT2D eigenvalue weighted by Crippen LogP contribution is 2.10. The van der Waals surface area contributed by atoms with Crippen LogP contribution in [0.2, 0.25) is 0 Å². The van der Waals surface area contributed by atoms with Gasteiger partial charge in [-0.15, -0.1) is 10.2 Å². The number of rotatable bonds is 3. The SMILES string of the molecule is CNc1ccc(C(=O)NCC(C)(C)C)nn1.